The number of thiocarbonyl (C=S) groups is 1. The van der Waals surface area contributed by atoms with Crippen LogP contribution in [0, 0.1) is 10.1 Å². The molecule has 1 heterocycles. The van der Waals surface area contributed by atoms with E-state index in [1.165, 1.54) is 6.07 Å². The maximum atomic E-state index is 10.8. The summed E-state index contributed by atoms with van der Waals surface area (Å²) in [4.78, 5) is 11.4. The van der Waals surface area contributed by atoms with Crippen LogP contribution in [0.1, 0.15) is 4.88 Å². The molecule has 0 saturated carbocycles. The summed E-state index contributed by atoms with van der Waals surface area (Å²) in [5, 5.41) is 19.7. The first-order chi connectivity index (χ1) is 9.66. The minimum Gasteiger partial charge on any atom is -0.326 e. The van der Waals surface area contributed by atoms with E-state index in [-0.39, 0.29) is 10.8 Å². The van der Waals surface area contributed by atoms with Crippen LogP contribution in [0.4, 0.5) is 11.4 Å². The quantitative estimate of drug-likeness (QED) is 0.393. The van der Waals surface area contributed by atoms with Crippen LogP contribution in [0.25, 0.3) is 0 Å². The third-order valence-corrected chi connectivity index (χ3v) is 3.25. The third-order valence-electron chi connectivity index (χ3n) is 2.25. The lowest BCUT2D eigenvalue weighted by atomic mass is 10.3. The van der Waals surface area contributed by atoms with Crippen molar-refractivity contribution < 1.29 is 4.92 Å². The number of nitrogens with one attached hydrogen (secondary N) is 2. The van der Waals surface area contributed by atoms with Crippen molar-refractivity contribution >= 4 is 46.3 Å². The van der Waals surface area contributed by atoms with Gasteiger partial charge in [0, 0.05) is 10.9 Å². The summed E-state index contributed by atoms with van der Waals surface area (Å²) >= 11 is 6.56. The summed E-state index contributed by atoms with van der Waals surface area (Å²) in [5.74, 6) is 0. The number of nitro groups is 1. The second-order valence-electron chi connectivity index (χ2n) is 3.61. The molecular formula is C12H10N4O2S2. The van der Waals surface area contributed by atoms with E-state index in [1.54, 1.807) is 35.8 Å². The molecule has 1 aromatic heterocycles. The lowest BCUT2D eigenvalue weighted by Crippen LogP contribution is -2.24. The normalized spacial score (nSPS) is 10.4. The number of anilines is 1. The van der Waals surface area contributed by atoms with Crippen molar-refractivity contribution in [2.45, 2.75) is 0 Å². The molecule has 2 N–H and O–H groups in total. The first-order valence-corrected chi connectivity index (χ1v) is 6.82. The first-order valence-electron chi connectivity index (χ1n) is 5.54. The average molecular weight is 306 g/mol. The van der Waals surface area contributed by atoms with E-state index in [0.717, 1.165) is 4.88 Å². The summed E-state index contributed by atoms with van der Waals surface area (Å²) in [6.07, 6.45) is 1.62. The Labute approximate surface area is 124 Å². The monoisotopic (exact) mass is 306 g/mol. The lowest BCUT2D eigenvalue weighted by Gasteiger charge is -2.06. The van der Waals surface area contributed by atoms with Crippen molar-refractivity contribution in [3.05, 3.63) is 56.8 Å². The Morgan fingerprint density at radius 1 is 1.35 bits per heavy atom. The largest absolute Gasteiger partial charge is 0.326 e. The van der Waals surface area contributed by atoms with Gasteiger partial charge in [0.2, 0.25) is 0 Å². The Bertz CT molecular complexity index is 641. The molecule has 0 aliphatic heterocycles. The van der Waals surface area contributed by atoms with Crippen molar-refractivity contribution in [3.63, 3.8) is 0 Å². The Kier molecular flexibility index (Phi) is 4.75. The van der Waals surface area contributed by atoms with Crippen LogP contribution in [0.2, 0.25) is 0 Å². The topological polar surface area (TPSA) is 79.6 Å². The highest BCUT2D eigenvalue weighted by molar-refractivity contribution is 7.80. The molecule has 102 valence electrons. The van der Waals surface area contributed by atoms with Crippen LogP contribution in [0.3, 0.4) is 0 Å². The van der Waals surface area contributed by atoms with Crippen LogP contribution in [-0.2, 0) is 0 Å². The van der Waals surface area contributed by atoms with Crippen molar-refractivity contribution in [2.24, 2.45) is 5.10 Å². The van der Waals surface area contributed by atoms with Gasteiger partial charge < -0.3 is 5.32 Å². The van der Waals surface area contributed by atoms with Crippen LogP contribution in [-0.4, -0.2) is 16.3 Å². The van der Waals surface area contributed by atoms with Gasteiger partial charge in [-0.2, -0.15) is 5.10 Å². The van der Waals surface area contributed by atoms with E-state index in [9.17, 15) is 10.1 Å². The highest BCUT2D eigenvalue weighted by Gasteiger charge is 2.12. The van der Waals surface area contributed by atoms with Gasteiger partial charge in [0.1, 0.15) is 5.69 Å². The van der Waals surface area contributed by atoms with Gasteiger partial charge in [0.15, 0.2) is 5.11 Å². The van der Waals surface area contributed by atoms with Gasteiger partial charge in [-0.15, -0.1) is 11.3 Å². The first kappa shape index (κ1) is 14.1. The van der Waals surface area contributed by atoms with Crippen LogP contribution in [0.15, 0.2) is 46.9 Å². The van der Waals surface area contributed by atoms with Gasteiger partial charge in [-0.05, 0) is 29.7 Å². The van der Waals surface area contributed by atoms with Crippen LogP contribution >= 0.6 is 23.6 Å². The van der Waals surface area contributed by atoms with Gasteiger partial charge in [-0.25, -0.2) is 0 Å². The summed E-state index contributed by atoms with van der Waals surface area (Å²) < 4.78 is 0. The summed E-state index contributed by atoms with van der Waals surface area (Å²) in [6, 6.07) is 10.1. The molecule has 20 heavy (non-hydrogen) atoms. The summed E-state index contributed by atoms with van der Waals surface area (Å²) in [5.41, 5.74) is 2.89. The molecule has 1 aromatic carbocycles. The maximum Gasteiger partial charge on any atom is 0.292 e. The number of hydrazone groups is 1. The van der Waals surface area contributed by atoms with Crippen molar-refractivity contribution in [1.82, 2.24) is 5.43 Å². The van der Waals surface area contributed by atoms with E-state index in [2.05, 4.69) is 15.8 Å². The van der Waals surface area contributed by atoms with E-state index in [0.29, 0.717) is 5.69 Å². The molecule has 0 atom stereocenters. The molecule has 0 aliphatic rings. The number of para-hydroxylation sites is 2. The number of thiophene rings is 1. The molecule has 8 heteroatoms. The average Bonchev–Trinajstić information content (AvgIpc) is 2.92. The number of hydrogen-bond donors (Lipinski definition) is 2. The number of nitro benzene ring substituents is 1. The van der Waals surface area contributed by atoms with Gasteiger partial charge in [0.25, 0.3) is 5.69 Å². The SMILES string of the molecule is O=[N+]([O-])c1ccccc1NC(=S)N/N=C\c1cccs1. The third kappa shape index (κ3) is 3.84. The van der Waals surface area contributed by atoms with E-state index >= 15 is 0 Å². The van der Waals surface area contributed by atoms with Gasteiger partial charge in [-0.3, -0.25) is 15.5 Å². The van der Waals surface area contributed by atoms with Gasteiger partial charge in [0.05, 0.1) is 11.1 Å². The molecule has 0 amide bonds. The van der Waals surface area contributed by atoms with Crippen molar-refractivity contribution in [1.29, 1.82) is 0 Å². The van der Waals surface area contributed by atoms with Crippen molar-refractivity contribution in [2.75, 3.05) is 5.32 Å². The highest BCUT2D eigenvalue weighted by atomic mass is 32.1. The summed E-state index contributed by atoms with van der Waals surface area (Å²) in [6.45, 7) is 0. The molecule has 0 unspecified atom stereocenters. The molecule has 0 aliphatic carbocycles. The molecule has 0 fully saturated rings. The predicted octanol–water partition coefficient (Wildman–Crippen LogP) is 2.98. The minimum atomic E-state index is -0.472. The molecule has 6 nitrogen and oxygen atoms in total. The fourth-order valence-electron chi connectivity index (χ4n) is 1.41. The Morgan fingerprint density at radius 2 is 2.15 bits per heavy atom. The summed E-state index contributed by atoms with van der Waals surface area (Å²) in [7, 11) is 0. The molecule has 0 saturated heterocycles. The Balaban J connectivity index is 1.96. The zero-order chi connectivity index (χ0) is 14.4. The Morgan fingerprint density at radius 3 is 2.85 bits per heavy atom. The van der Waals surface area contributed by atoms with E-state index < -0.39 is 4.92 Å². The predicted molar refractivity (Wildman–Crippen MR) is 84.4 cm³/mol. The van der Waals surface area contributed by atoms with E-state index in [4.69, 9.17) is 12.2 Å². The lowest BCUT2D eigenvalue weighted by molar-refractivity contribution is -0.383. The highest BCUT2D eigenvalue weighted by Crippen LogP contribution is 2.22. The molecule has 2 aromatic rings. The maximum absolute atomic E-state index is 10.8. The second kappa shape index (κ2) is 6.73. The molecular weight excluding hydrogens is 296 g/mol. The smallest absolute Gasteiger partial charge is 0.292 e. The number of rotatable bonds is 4. The molecule has 0 bridgehead atoms. The van der Waals surface area contributed by atoms with Gasteiger partial charge >= 0.3 is 0 Å². The zero-order valence-electron chi connectivity index (χ0n) is 10.1. The van der Waals surface area contributed by atoms with Crippen LogP contribution < -0.4 is 10.7 Å². The standard InChI is InChI=1S/C12H10N4O2S2/c17-16(18)11-6-2-1-5-10(11)14-12(19)15-13-8-9-4-3-7-20-9/h1-8H,(H2,14,15,19)/b13-8-. The van der Waals surface area contributed by atoms with Crippen molar-refractivity contribution in [3.8, 4) is 0 Å². The van der Waals surface area contributed by atoms with Crippen LogP contribution in [0.5, 0.6) is 0 Å². The zero-order valence-corrected chi connectivity index (χ0v) is 11.8. The minimum absolute atomic E-state index is 0.0427. The van der Waals surface area contributed by atoms with Gasteiger partial charge in [-0.1, -0.05) is 18.2 Å². The second-order valence-corrected chi connectivity index (χ2v) is 5.00. The fraction of sp³-hybridized carbons (Fsp3) is 0. The number of nitrogens with zero attached hydrogens (tertiary/aromatic N) is 2. The van der Waals surface area contributed by atoms with E-state index in [1.807, 2.05) is 17.5 Å². The number of hydrogen-bond acceptors (Lipinski definition) is 5. The molecule has 0 radical (unpaired) electrons. The fourth-order valence-corrected chi connectivity index (χ4v) is 2.16. The molecule has 0 spiro atoms. The Hall–Kier alpha value is -2.32. The molecule has 2 rings (SSSR count). The number of benzene rings is 1.